The number of allylic oxidation sites excluding steroid dienone is 4. The van der Waals surface area contributed by atoms with Gasteiger partial charge in [0.05, 0.1) is 30.8 Å². The van der Waals surface area contributed by atoms with Crippen LogP contribution in [0.3, 0.4) is 0 Å². The molecular weight excluding hydrogens is 748 g/mol. The van der Waals surface area contributed by atoms with Gasteiger partial charge < -0.3 is 37.9 Å². The molecule has 316 valence electrons. The summed E-state index contributed by atoms with van der Waals surface area (Å²) in [4.78, 5) is 28.8. The lowest BCUT2D eigenvalue weighted by Crippen LogP contribution is -2.59. The predicted molar refractivity (Wildman–Crippen MR) is 216 cm³/mol. The number of fused-ring (bicyclic) bond motifs is 5. The van der Waals surface area contributed by atoms with Gasteiger partial charge in [0.1, 0.15) is 24.4 Å². The number of cyclic esters (lactones) is 1. The Labute approximate surface area is 344 Å². The molecule has 3 aliphatic carbocycles. The largest absolute Gasteiger partial charge is 0.462 e. The van der Waals surface area contributed by atoms with Gasteiger partial charge in [-0.05, 0) is 106 Å². The molecule has 3 aliphatic heterocycles. The molecule has 3 saturated heterocycles. The number of hydrogen-bond donors (Lipinski definition) is 0. The SMILES string of the molecule is CC[C@H]1CCC[C@H](O[C@H]2CC[C@H](C)C(C)O2)[C@@H](C)C(=O)C2=C[C@@H]3C(=CC(c4cccc(Cl)c4)[C@@H]4C[C@@H](O[C@@H]5OC(C)[C@H](OC)C(OC)[C@@H]5OC)C[C@@H]34)[C@@H]2CC(=O)O1. The summed E-state index contributed by atoms with van der Waals surface area (Å²) in [7, 11) is 4.97. The number of hydrogen-bond acceptors (Lipinski definition) is 10. The maximum absolute atomic E-state index is 14.9. The summed E-state index contributed by atoms with van der Waals surface area (Å²) in [5, 5.41) is 0.674. The lowest BCUT2D eigenvalue weighted by atomic mass is 9.66. The van der Waals surface area contributed by atoms with Crippen molar-refractivity contribution >= 4 is 23.4 Å². The fourth-order valence-corrected chi connectivity index (χ4v) is 11.1. The second-order valence-corrected chi connectivity index (χ2v) is 18.1. The number of benzene rings is 1. The van der Waals surface area contributed by atoms with Crippen molar-refractivity contribution in [2.24, 2.45) is 35.5 Å². The summed E-state index contributed by atoms with van der Waals surface area (Å²) in [5.41, 5.74) is 2.94. The highest BCUT2D eigenvalue weighted by Gasteiger charge is 2.54. The molecule has 0 N–H and O–H groups in total. The van der Waals surface area contributed by atoms with Gasteiger partial charge in [0.2, 0.25) is 0 Å². The van der Waals surface area contributed by atoms with Crippen LogP contribution in [0.2, 0.25) is 5.02 Å². The van der Waals surface area contributed by atoms with Crippen molar-refractivity contribution in [3.05, 3.63) is 58.1 Å². The third kappa shape index (κ3) is 9.00. The Morgan fingerprint density at radius 3 is 2.23 bits per heavy atom. The molecule has 11 heteroatoms. The zero-order chi connectivity index (χ0) is 40.5. The van der Waals surface area contributed by atoms with Crippen LogP contribution in [-0.4, -0.2) is 94.5 Å². The molecule has 4 unspecified atom stereocenters. The van der Waals surface area contributed by atoms with Crippen LogP contribution in [0.5, 0.6) is 0 Å². The Bertz CT molecular complexity index is 1630. The van der Waals surface area contributed by atoms with Crippen LogP contribution in [-0.2, 0) is 47.5 Å². The Kier molecular flexibility index (Phi) is 14.0. The molecule has 0 spiro atoms. The second kappa shape index (κ2) is 18.6. The third-order valence-electron chi connectivity index (χ3n) is 14.3. The van der Waals surface area contributed by atoms with Crippen LogP contribution < -0.4 is 0 Å². The first-order chi connectivity index (χ1) is 27.4. The number of Topliss-reactive ketones (excluding diaryl/α,β-unsaturated/α-hetero) is 1. The minimum atomic E-state index is -0.652. The van der Waals surface area contributed by atoms with Crippen LogP contribution in [0.1, 0.15) is 104 Å². The quantitative estimate of drug-likeness (QED) is 0.178. The highest BCUT2D eigenvalue weighted by molar-refractivity contribution is 6.30. The van der Waals surface area contributed by atoms with Gasteiger partial charge in [-0.3, -0.25) is 9.59 Å². The first kappa shape index (κ1) is 43.0. The van der Waals surface area contributed by atoms with Crippen LogP contribution in [0, 0.1) is 35.5 Å². The van der Waals surface area contributed by atoms with E-state index >= 15 is 0 Å². The molecule has 1 aromatic rings. The van der Waals surface area contributed by atoms with Crippen molar-refractivity contribution in [2.75, 3.05) is 21.3 Å². The van der Waals surface area contributed by atoms with Gasteiger partial charge in [-0.2, -0.15) is 0 Å². The molecule has 1 saturated carbocycles. The molecule has 3 heterocycles. The minimum absolute atomic E-state index is 0.00699. The van der Waals surface area contributed by atoms with Crippen molar-refractivity contribution in [3.8, 4) is 0 Å². The van der Waals surface area contributed by atoms with E-state index < -0.39 is 24.2 Å². The monoisotopic (exact) mass is 812 g/mol. The average Bonchev–Trinajstić information content (AvgIpc) is 3.78. The summed E-state index contributed by atoms with van der Waals surface area (Å²) in [6, 6.07) is 8.07. The molecule has 0 radical (unpaired) electrons. The van der Waals surface area contributed by atoms with Crippen molar-refractivity contribution in [3.63, 3.8) is 0 Å². The van der Waals surface area contributed by atoms with Gasteiger partial charge in [-0.25, -0.2) is 0 Å². The van der Waals surface area contributed by atoms with E-state index in [1.807, 2.05) is 32.0 Å². The Hall–Kier alpha value is -2.15. The standard InChI is InChI=1S/C46H65ClO10/c1-9-30-14-11-15-39(57-41-17-16-24(2)26(4)53-41)25(3)42(49)38-22-36-34-20-31(56-46-45(52-8)44(51-7)43(50-6)27(5)54-46)19-33(34)32(28-12-10-13-29(47)18-28)21-35(36)37(38)23-40(48)55-30/h10,12-13,18,21-22,24-27,30-34,36-37,39,41,43-46H,9,11,14-17,19-20,23H2,1-8H3/t24-,25+,26?,27?,30-,31+,32?,33-,34+,36-,37-,39-,41-,43-,44?,45-,46-/m0/s1. The highest BCUT2D eigenvalue weighted by atomic mass is 35.5. The number of rotatable bonds is 9. The first-order valence-electron chi connectivity index (χ1n) is 21.6. The molecule has 0 amide bonds. The Balaban J connectivity index is 1.22. The Morgan fingerprint density at radius 2 is 1.54 bits per heavy atom. The zero-order valence-electron chi connectivity index (χ0n) is 35.1. The summed E-state index contributed by atoms with van der Waals surface area (Å²) >= 11 is 6.63. The predicted octanol–water partition coefficient (Wildman–Crippen LogP) is 8.38. The van der Waals surface area contributed by atoms with E-state index in [2.05, 4.69) is 39.0 Å². The number of ether oxygens (including phenoxy) is 8. The van der Waals surface area contributed by atoms with Crippen molar-refractivity contribution < 1.29 is 47.5 Å². The maximum Gasteiger partial charge on any atom is 0.307 e. The van der Waals surface area contributed by atoms with Crippen LogP contribution in [0.15, 0.2) is 47.6 Å². The third-order valence-corrected chi connectivity index (χ3v) is 14.5. The molecule has 4 fully saturated rings. The zero-order valence-corrected chi connectivity index (χ0v) is 35.9. The Morgan fingerprint density at radius 1 is 0.807 bits per heavy atom. The summed E-state index contributed by atoms with van der Waals surface area (Å²) in [5.74, 6) is -0.225. The average molecular weight is 813 g/mol. The molecule has 7 rings (SSSR count). The molecule has 10 nitrogen and oxygen atoms in total. The molecule has 57 heavy (non-hydrogen) atoms. The van der Waals surface area contributed by atoms with Gasteiger partial charge in [0.25, 0.3) is 0 Å². The number of halogens is 1. The maximum atomic E-state index is 14.9. The fraction of sp³-hybridized carbons (Fsp3) is 0.739. The number of methoxy groups -OCH3 is 3. The van der Waals surface area contributed by atoms with Gasteiger partial charge >= 0.3 is 5.97 Å². The normalized spacial score (nSPS) is 42.8. The van der Waals surface area contributed by atoms with Gasteiger partial charge in [-0.1, -0.05) is 62.2 Å². The second-order valence-electron chi connectivity index (χ2n) is 17.6. The van der Waals surface area contributed by atoms with E-state index in [0.29, 0.717) is 22.9 Å². The smallest absolute Gasteiger partial charge is 0.307 e. The van der Waals surface area contributed by atoms with E-state index in [-0.39, 0.29) is 90.9 Å². The molecule has 17 atom stereocenters. The van der Waals surface area contributed by atoms with Crippen LogP contribution >= 0.6 is 11.6 Å². The lowest BCUT2D eigenvalue weighted by molar-refractivity contribution is -0.314. The molecule has 6 aliphatic rings. The highest BCUT2D eigenvalue weighted by Crippen LogP contribution is 2.58. The van der Waals surface area contributed by atoms with Gasteiger partial charge in [-0.15, -0.1) is 0 Å². The molecule has 0 aromatic heterocycles. The minimum Gasteiger partial charge on any atom is -0.462 e. The van der Waals surface area contributed by atoms with E-state index in [1.165, 1.54) is 0 Å². The van der Waals surface area contributed by atoms with Gasteiger partial charge in [0, 0.05) is 50.0 Å². The molecule has 1 aromatic carbocycles. The number of ketones is 1. The van der Waals surface area contributed by atoms with Crippen molar-refractivity contribution in [1.82, 2.24) is 0 Å². The van der Waals surface area contributed by atoms with Gasteiger partial charge in [0.15, 0.2) is 18.4 Å². The van der Waals surface area contributed by atoms with Crippen LogP contribution in [0.25, 0.3) is 0 Å². The van der Waals surface area contributed by atoms with E-state index in [1.54, 1.807) is 21.3 Å². The van der Waals surface area contributed by atoms with E-state index in [0.717, 1.165) is 56.1 Å². The lowest BCUT2D eigenvalue weighted by Gasteiger charge is -2.44. The fourth-order valence-electron chi connectivity index (χ4n) is 10.9. The van der Waals surface area contributed by atoms with Crippen molar-refractivity contribution in [1.29, 1.82) is 0 Å². The van der Waals surface area contributed by atoms with Crippen molar-refractivity contribution in [2.45, 2.75) is 160 Å². The summed E-state index contributed by atoms with van der Waals surface area (Å²) < 4.78 is 50.1. The molecule has 0 bridgehead atoms. The molecular formula is C46H65ClO10. The van der Waals surface area contributed by atoms with E-state index in [9.17, 15) is 9.59 Å². The summed E-state index contributed by atoms with van der Waals surface area (Å²) in [6.45, 7) is 10.4. The topological polar surface area (TPSA) is 108 Å². The summed E-state index contributed by atoms with van der Waals surface area (Å²) in [6.07, 6.45) is 8.00. The number of esters is 1. The van der Waals surface area contributed by atoms with Crippen LogP contribution in [0.4, 0.5) is 0 Å². The number of carbonyl (C=O) groups excluding carboxylic acids is 2. The van der Waals surface area contributed by atoms with E-state index in [4.69, 9.17) is 49.5 Å². The first-order valence-corrected chi connectivity index (χ1v) is 21.9. The number of carbonyl (C=O) groups is 2.